The van der Waals surface area contributed by atoms with Crippen molar-refractivity contribution in [1.82, 2.24) is 14.3 Å². The monoisotopic (exact) mass is 311 g/mol. The molecule has 1 aliphatic rings. The smallest absolute Gasteiger partial charge is 0.331 e. The number of nitrogens with zero attached hydrogens (tertiary/aromatic N) is 3. The summed E-state index contributed by atoms with van der Waals surface area (Å²) in [6, 6.07) is 3.29. The van der Waals surface area contributed by atoms with Crippen LogP contribution in [-0.4, -0.2) is 14.3 Å². The van der Waals surface area contributed by atoms with E-state index < -0.39 is 0 Å². The predicted octanol–water partition coefficient (Wildman–Crippen LogP) is 1.14. The Morgan fingerprint density at radius 1 is 1.44 bits per heavy atom. The molecule has 94 valence electrons. The highest BCUT2D eigenvalue weighted by atomic mass is 79.9. The van der Waals surface area contributed by atoms with Crippen molar-refractivity contribution in [2.24, 2.45) is 0 Å². The van der Waals surface area contributed by atoms with Crippen molar-refractivity contribution in [2.45, 2.75) is 25.4 Å². The molecule has 0 spiro atoms. The summed E-state index contributed by atoms with van der Waals surface area (Å²) in [6.45, 7) is 0.101. The third-order valence-corrected chi connectivity index (χ3v) is 3.25. The summed E-state index contributed by atoms with van der Waals surface area (Å²) >= 11 is 3.15. The summed E-state index contributed by atoms with van der Waals surface area (Å²) in [5.74, 6) is 0.467. The normalized spacial score (nSPS) is 14.9. The second kappa shape index (κ2) is 4.24. The Kier molecular flexibility index (Phi) is 2.70. The lowest BCUT2D eigenvalue weighted by Crippen LogP contribution is -2.38. The molecule has 2 heterocycles. The molecule has 2 aromatic heterocycles. The molecule has 2 aromatic rings. The van der Waals surface area contributed by atoms with Crippen LogP contribution in [0.25, 0.3) is 0 Å². The van der Waals surface area contributed by atoms with Crippen LogP contribution < -0.4 is 11.2 Å². The van der Waals surface area contributed by atoms with E-state index in [-0.39, 0.29) is 23.8 Å². The number of halogens is 1. The molecule has 6 nitrogen and oxygen atoms in total. The van der Waals surface area contributed by atoms with Crippen molar-refractivity contribution in [3.63, 3.8) is 0 Å². The van der Waals surface area contributed by atoms with E-state index in [1.165, 1.54) is 6.07 Å². The zero-order chi connectivity index (χ0) is 12.7. The Balaban J connectivity index is 2.02. The van der Waals surface area contributed by atoms with Crippen molar-refractivity contribution in [3.05, 3.63) is 49.5 Å². The molecule has 0 aromatic carbocycles. The van der Waals surface area contributed by atoms with Gasteiger partial charge in [0.15, 0.2) is 5.76 Å². The number of hydrogen-bond acceptors (Lipinski definition) is 4. The van der Waals surface area contributed by atoms with Gasteiger partial charge in [0.2, 0.25) is 0 Å². The van der Waals surface area contributed by atoms with E-state index in [9.17, 15) is 9.59 Å². The molecule has 1 fully saturated rings. The van der Waals surface area contributed by atoms with Crippen LogP contribution in [0.1, 0.15) is 24.6 Å². The van der Waals surface area contributed by atoms with Crippen LogP contribution in [0.15, 0.2) is 37.0 Å². The molecule has 0 aliphatic heterocycles. The minimum Gasteiger partial charge on any atom is -0.358 e. The van der Waals surface area contributed by atoms with E-state index in [0.717, 1.165) is 17.4 Å². The molecule has 18 heavy (non-hydrogen) atoms. The fourth-order valence-electron chi connectivity index (χ4n) is 1.83. The van der Waals surface area contributed by atoms with Gasteiger partial charge in [0.25, 0.3) is 5.56 Å². The minimum absolute atomic E-state index is 0.101. The zero-order valence-corrected chi connectivity index (χ0v) is 11.0. The largest absolute Gasteiger partial charge is 0.358 e. The van der Waals surface area contributed by atoms with Gasteiger partial charge in [-0.05, 0) is 28.8 Å². The van der Waals surface area contributed by atoms with Gasteiger partial charge < -0.3 is 4.52 Å². The third-order valence-electron chi connectivity index (χ3n) is 2.88. The van der Waals surface area contributed by atoms with Crippen molar-refractivity contribution in [3.8, 4) is 0 Å². The summed E-state index contributed by atoms with van der Waals surface area (Å²) in [5, 5.41) is 3.66. The first kappa shape index (κ1) is 11.5. The first-order valence-corrected chi connectivity index (χ1v) is 6.37. The van der Waals surface area contributed by atoms with Crippen LogP contribution in [0, 0.1) is 0 Å². The van der Waals surface area contributed by atoms with Crippen molar-refractivity contribution < 1.29 is 4.52 Å². The molecule has 0 amide bonds. The Morgan fingerprint density at radius 3 is 2.83 bits per heavy atom. The van der Waals surface area contributed by atoms with Gasteiger partial charge in [-0.2, -0.15) is 0 Å². The number of hydrogen-bond donors (Lipinski definition) is 0. The van der Waals surface area contributed by atoms with Crippen molar-refractivity contribution >= 4 is 15.9 Å². The lowest BCUT2D eigenvalue weighted by atomic mass is 10.4. The van der Waals surface area contributed by atoms with Gasteiger partial charge in [-0.3, -0.25) is 13.9 Å². The molecule has 0 atom stereocenters. The molecule has 0 N–H and O–H groups in total. The zero-order valence-electron chi connectivity index (χ0n) is 9.38. The van der Waals surface area contributed by atoms with Gasteiger partial charge in [-0.15, -0.1) is 0 Å². The van der Waals surface area contributed by atoms with Gasteiger partial charge >= 0.3 is 5.69 Å². The molecule has 0 unspecified atom stereocenters. The van der Waals surface area contributed by atoms with Crippen molar-refractivity contribution in [1.29, 1.82) is 0 Å². The van der Waals surface area contributed by atoms with Crippen LogP contribution in [0.4, 0.5) is 0 Å². The van der Waals surface area contributed by atoms with E-state index in [4.69, 9.17) is 4.52 Å². The summed E-state index contributed by atoms with van der Waals surface area (Å²) in [7, 11) is 0. The van der Waals surface area contributed by atoms with Crippen LogP contribution in [0.3, 0.4) is 0 Å². The SMILES string of the molecule is O=c1ccn(C2CC2)c(=O)n1Cc1cc(Br)no1. The summed E-state index contributed by atoms with van der Waals surface area (Å²) in [6.07, 6.45) is 3.55. The highest BCUT2D eigenvalue weighted by Gasteiger charge is 2.25. The van der Waals surface area contributed by atoms with Crippen LogP contribution in [0.2, 0.25) is 0 Å². The molecule has 0 bridgehead atoms. The average molecular weight is 312 g/mol. The van der Waals surface area contributed by atoms with Gasteiger partial charge in [0, 0.05) is 24.4 Å². The number of rotatable bonds is 3. The van der Waals surface area contributed by atoms with Gasteiger partial charge in [-0.25, -0.2) is 4.79 Å². The first-order chi connectivity index (χ1) is 8.65. The quantitative estimate of drug-likeness (QED) is 0.852. The Morgan fingerprint density at radius 2 is 2.22 bits per heavy atom. The lowest BCUT2D eigenvalue weighted by Gasteiger charge is -2.06. The molecular weight excluding hydrogens is 302 g/mol. The maximum Gasteiger partial charge on any atom is 0.331 e. The van der Waals surface area contributed by atoms with Gasteiger partial charge in [-0.1, -0.05) is 5.16 Å². The van der Waals surface area contributed by atoms with Crippen molar-refractivity contribution in [2.75, 3.05) is 0 Å². The Labute approximate surface area is 110 Å². The second-order valence-electron chi connectivity index (χ2n) is 4.28. The van der Waals surface area contributed by atoms with E-state index in [1.807, 2.05) is 0 Å². The molecule has 3 rings (SSSR count). The standard InChI is InChI=1S/C11H10BrN3O3/c12-9-5-8(18-13-9)6-15-10(16)3-4-14(11(15)17)7-1-2-7/h3-5,7H,1-2,6H2. The molecule has 0 saturated heterocycles. The number of aromatic nitrogens is 3. The van der Waals surface area contributed by atoms with Gasteiger partial charge in [0.1, 0.15) is 4.60 Å². The predicted molar refractivity (Wildman–Crippen MR) is 66.5 cm³/mol. The average Bonchev–Trinajstić information content (AvgIpc) is 3.08. The molecule has 1 aliphatic carbocycles. The third kappa shape index (κ3) is 2.05. The molecule has 7 heteroatoms. The van der Waals surface area contributed by atoms with E-state index in [0.29, 0.717) is 10.4 Å². The van der Waals surface area contributed by atoms with E-state index in [1.54, 1.807) is 16.8 Å². The van der Waals surface area contributed by atoms with Crippen LogP contribution in [-0.2, 0) is 6.54 Å². The van der Waals surface area contributed by atoms with Gasteiger partial charge in [0.05, 0.1) is 6.54 Å². The topological polar surface area (TPSA) is 70.0 Å². The second-order valence-corrected chi connectivity index (χ2v) is 5.09. The molecular formula is C11H10BrN3O3. The fraction of sp³-hybridized carbons (Fsp3) is 0.364. The molecule has 1 saturated carbocycles. The highest BCUT2D eigenvalue weighted by molar-refractivity contribution is 9.10. The van der Waals surface area contributed by atoms with Crippen LogP contribution in [0.5, 0.6) is 0 Å². The first-order valence-electron chi connectivity index (χ1n) is 5.58. The highest BCUT2D eigenvalue weighted by Crippen LogP contribution is 2.32. The molecule has 0 radical (unpaired) electrons. The van der Waals surface area contributed by atoms with E-state index in [2.05, 4.69) is 21.1 Å². The maximum atomic E-state index is 12.1. The van der Waals surface area contributed by atoms with E-state index >= 15 is 0 Å². The Hall–Kier alpha value is -1.63. The van der Waals surface area contributed by atoms with Crippen LogP contribution >= 0.6 is 15.9 Å². The maximum absolute atomic E-state index is 12.1. The summed E-state index contributed by atoms with van der Waals surface area (Å²) in [4.78, 5) is 23.9. The summed E-state index contributed by atoms with van der Waals surface area (Å²) in [5.41, 5.74) is -0.623. The lowest BCUT2D eigenvalue weighted by molar-refractivity contribution is 0.368. The Bertz CT molecular complexity index is 696. The summed E-state index contributed by atoms with van der Waals surface area (Å²) < 4.78 is 8.30. The fourth-order valence-corrected chi connectivity index (χ4v) is 2.15. The minimum atomic E-state index is -0.329.